The van der Waals surface area contributed by atoms with Crippen molar-refractivity contribution in [1.82, 2.24) is 4.98 Å². The summed E-state index contributed by atoms with van der Waals surface area (Å²) < 4.78 is 0. The molecule has 3 nitrogen and oxygen atoms in total. The molecule has 1 unspecified atom stereocenters. The highest BCUT2D eigenvalue weighted by atomic mass is 35.5. The Morgan fingerprint density at radius 2 is 2.12 bits per heavy atom. The topological polar surface area (TPSA) is 48.4 Å². The molecular formula is C12H9ClN2O. The molecule has 1 aliphatic rings. The minimum absolute atomic E-state index is 0.501. The molecule has 0 bridgehead atoms. The zero-order valence-corrected chi connectivity index (χ0v) is 9.07. The molecular weight excluding hydrogens is 224 g/mol. The number of rotatable bonds is 1. The Bertz CT molecular complexity index is 576. The van der Waals surface area contributed by atoms with Crippen LogP contribution in [0.5, 0.6) is 0 Å². The van der Waals surface area contributed by atoms with Crippen molar-refractivity contribution >= 4 is 23.5 Å². The molecule has 80 valence electrons. The molecule has 0 amide bonds. The van der Waals surface area contributed by atoms with Gasteiger partial charge in [-0.05, 0) is 12.1 Å². The van der Waals surface area contributed by atoms with Crippen molar-refractivity contribution in [3.8, 4) is 0 Å². The molecule has 3 rings (SSSR count). The number of nitrogens with zero attached hydrogens (tertiary/aromatic N) is 1. The van der Waals surface area contributed by atoms with Crippen LogP contribution in [-0.2, 0) is 5.60 Å². The van der Waals surface area contributed by atoms with E-state index in [4.69, 9.17) is 11.6 Å². The number of aromatic amines is 1. The third-order valence-electron chi connectivity index (χ3n) is 2.79. The lowest BCUT2D eigenvalue weighted by Crippen LogP contribution is -2.25. The molecule has 1 atom stereocenters. The van der Waals surface area contributed by atoms with E-state index in [1.807, 2.05) is 24.3 Å². The highest BCUT2D eigenvalue weighted by Gasteiger charge is 2.36. The van der Waals surface area contributed by atoms with Gasteiger partial charge in [-0.2, -0.15) is 0 Å². The number of nitrogens with one attached hydrogen (secondary N) is 1. The van der Waals surface area contributed by atoms with Crippen molar-refractivity contribution in [3.63, 3.8) is 0 Å². The van der Waals surface area contributed by atoms with E-state index in [2.05, 4.69) is 9.98 Å². The van der Waals surface area contributed by atoms with E-state index in [0.29, 0.717) is 10.7 Å². The summed E-state index contributed by atoms with van der Waals surface area (Å²) in [6.45, 7) is 0. The summed E-state index contributed by atoms with van der Waals surface area (Å²) >= 11 is 5.82. The van der Waals surface area contributed by atoms with Gasteiger partial charge in [-0.25, -0.2) is 0 Å². The molecule has 16 heavy (non-hydrogen) atoms. The smallest absolute Gasteiger partial charge is 0.154 e. The van der Waals surface area contributed by atoms with Crippen molar-refractivity contribution in [2.45, 2.75) is 5.60 Å². The average molecular weight is 233 g/mol. The zero-order chi connectivity index (χ0) is 11.2. The number of fused-ring (bicyclic) bond motifs is 1. The molecule has 0 fully saturated rings. The first kappa shape index (κ1) is 9.63. The molecule has 1 aromatic carbocycles. The summed E-state index contributed by atoms with van der Waals surface area (Å²) in [6, 6.07) is 9.22. The summed E-state index contributed by atoms with van der Waals surface area (Å²) in [5, 5.41) is 11.1. The highest BCUT2D eigenvalue weighted by Crippen LogP contribution is 2.39. The molecule has 2 heterocycles. The van der Waals surface area contributed by atoms with Crippen molar-refractivity contribution in [3.05, 3.63) is 52.8 Å². The van der Waals surface area contributed by atoms with Gasteiger partial charge in [0.05, 0.1) is 5.69 Å². The second-order valence-electron chi connectivity index (χ2n) is 3.78. The number of aromatic nitrogens is 1. The minimum atomic E-state index is -1.17. The first-order valence-corrected chi connectivity index (χ1v) is 5.29. The van der Waals surface area contributed by atoms with Crippen LogP contribution in [0.25, 0.3) is 0 Å². The zero-order valence-electron chi connectivity index (χ0n) is 8.31. The van der Waals surface area contributed by atoms with Crippen LogP contribution in [-0.4, -0.2) is 16.3 Å². The van der Waals surface area contributed by atoms with Crippen LogP contribution in [0.3, 0.4) is 0 Å². The molecule has 2 N–H and O–H groups in total. The maximum atomic E-state index is 10.6. The fourth-order valence-corrected chi connectivity index (χ4v) is 2.13. The van der Waals surface area contributed by atoms with Crippen LogP contribution >= 0.6 is 11.6 Å². The second kappa shape index (κ2) is 3.20. The Hall–Kier alpha value is -1.58. The van der Waals surface area contributed by atoms with Gasteiger partial charge in [0, 0.05) is 23.5 Å². The van der Waals surface area contributed by atoms with E-state index in [1.165, 1.54) is 6.21 Å². The third kappa shape index (κ3) is 1.22. The molecule has 0 saturated carbocycles. The summed E-state index contributed by atoms with van der Waals surface area (Å²) in [5.41, 5.74) is 1.11. The predicted octanol–water partition coefficient (Wildman–Crippen LogP) is 2.62. The lowest BCUT2D eigenvalue weighted by molar-refractivity contribution is 0.165. The predicted molar refractivity (Wildman–Crippen MR) is 63.4 cm³/mol. The van der Waals surface area contributed by atoms with Gasteiger partial charge in [-0.1, -0.05) is 29.8 Å². The fourth-order valence-electron chi connectivity index (χ4n) is 1.96. The summed E-state index contributed by atoms with van der Waals surface area (Å²) in [4.78, 5) is 7.05. The van der Waals surface area contributed by atoms with Crippen molar-refractivity contribution in [2.75, 3.05) is 0 Å². The molecule has 2 aromatic rings. The number of aliphatic hydroxyl groups is 1. The maximum absolute atomic E-state index is 10.6. The Kier molecular flexibility index (Phi) is 1.93. The lowest BCUT2D eigenvalue weighted by Gasteiger charge is -2.19. The maximum Gasteiger partial charge on any atom is 0.154 e. The van der Waals surface area contributed by atoms with Gasteiger partial charge in [-0.15, -0.1) is 0 Å². The minimum Gasteiger partial charge on any atom is -0.375 e. The van der Waals surface area contributed by atoms with Crippen molar-refractivity contribution < 1.29 is 5.11 Å². The van der Waals surface area contributed by atoms with Crippen molar-refractivity contribution in [1.29, 1.82) is 0 Å². The van der Waals surface area contributed by atoms with E-state index in [9.17, 15) is 5.11 Å². The number of halogens is 1. The van der Waals surface area contributed by atoms with Crippen LogP contribution in [0.1, 0.15) is 11.1 Å². The normalized spacial score (nSPS) is 22.4. The summed E-state index contributed by atoms with van der Waals surface area (Å²) in [6.07, 6.45) is 3.23. The monoisotopic (exact) mass is 232 g/mol. The van der Waals surface area contributed by atoms with Gasteiger partial charge < -0.3 is 10.1 Å². The Balaban J connectivity index is 2.18. The first-order chi connectivity index (χ1) is 7.70. The number of para-hydroxylation sites is 1. The van der Waals surface area contributed by atoms with Gasteiger partial charge in [0.25, 0.3) is 0 Å². The molecule has 0 spiro atoms. The standard InChI is InChI=1S/C12H9ClN2O/c13-11-5-8(6-14-11)12(16)7-15-10-4-2-1-3-9(10)12/h1-7,14,16H. The van der Waals surface area contributed by atoms with Crippen LogP contribution in [0.2, 0.25) is 5.15 Å². The van der Waals surface area contributed by atoms with Crippen LogP contribution in [0, 0.1) is 0 Å². The SMILES string of the molecule is OC1(c2c[nH]c(Cl)c2)C=Nc2ccccc21. The van der Waals surface area contributed by atoms with Crippen LogP contribution in [0.15, 0.2) is 41.5 Å². The molecule has 0 saturated heterocycles. The van der Waals surface area contributed by atoms with E-state index < -0.39 is 5.60 Å². The van der Waals surface area contributed by atoms with Crippen LogP contribution in [0.4, 0.5) is 5.69 Å². The molecule has 1 aromatic heterocycles. The van der Waals surface area contributed by atoms with Gasteiger partial charge in [0.2, 0.25) is 0 Å². The lowest BCUT2D eigenvalue weighted by atomic mass is 9.90. The number of hydrogen-bond donors (Lipinski definition) is 2. The quantitative estimate of drug-likeness (QED) is 0.780. The highest BCUT2D eigenvalue weighted by molar-refractivity contribution is 6.29. The Morgan fingerprint density at radius 3 is 2.88 bits per heavy atom. The number of aliphatic imine (C=N–C) groups is 1. The van der Waals surface area contributed by atoms with E-state index in [-0.39, 0.29) is 0 Å². The summed E-state index contributed by atoms with van der Waals surface area (Å²) in [5.74, 6) is 0. The third-order valence-corrected chi connectivity index (χ3v) is 3.01. The van der Waals surface area contributed by atoms with Crippen molar-refractivity contribution in [2.24, 2.45) is 4.99 Å². The summed E-state index contributed by atoms with van der Waals surface area (Å²) in [7, 11) is 0. The number of H-pyrrole nitrogens is 1. The van der Waals surface area contributed by atoms with Gasteiger partial charge >= 0.3 is 0 Å². The fraction of sp³-hybridized carbons (Fsp3) is 0.0833. The number of benzene rings is 1. The molecule has 1 aliphatic heterocycles. The molecule has 4 heteroatoms. The molecule has 0 aliphatic carbocycles. The first-order valence-electron chi connectivity index (χ1n) is 4.92. The second-order valence-corrected chi connectivity index (χ2v) is 4.19. The Morgan fingerprint density at radius 1 is 1.31 bits per heavy atom. The van der Waals surface area contributed by atoms with Gasteiger partial charge in [0.1, 0.15) is 5.15 Å². The largest absolute Gasteiger partial charge is 0.375 e. The van der Waals surface area contributed by atoms with Gasteiger partial charge in [-0.3, -0.25) is 4.99 Å². The Labute approximate surface area is 97.4 Å². The molecule has 0 radical (unpaired) electrons. The van der Waals surface area contributed by atoms with E-state index in [0.717, 1.165) is 11.3 Å². The van der Waals surface area contributed by atoms with E-state index in [1.54, 1.807) is 12.3 Å². The number of hydrogen-bond acceptors (Lipinski definition) is 2. The van der Waals surface area contributed by atoms with Gasteiger partial charge in [0.15, 0.2) is 5.60 Å². The average Bonchev–Trinajstić information content (AvgIpc) is 2.86. The van der Waals surface area contributed by atoms with Crippen LogP contribution < -0.4 is 0 Å². The van der Waals surface area contributed by atoms with E-state index >= 15 is 0 Å².